The van der Waals surface area contributed by atoms with Crippen LogP contribution in [0.5, 0.6) is 0 Å². The van der Waals surface area contributed by atoms with Crippen molar-refractivity contribution >= 4 is 11.9 Å². The zero-order chi connectivity index (χ0) is 15.3. The fraction of sp³-hybridized carbons (Fsp3) is 0.385. The van der Waals surface area contributed by atoms with Crippen LogP contribution < -0.4 is 5.32 Å². The number of aliphatic carboxylic acids is 1. The topological polar surface area (TPSA) is 107 Å². The number of halogens is 1. The molecular formula is C13H16FNO5. The summed E-state index contributed by atoms with van der Waals surface area (Å²) in [7, 11) is 0. The fourth-order valence-electron chi connectivity index (χ4n) is 1.64. The van der Waals surface area contributed by atoms with Crippen molar-refractivity contribution in [3.8, 4) is 0 Å². The molecule has 6 nitrogen and oxygen atoms in total. The van der Waals surface area contributed by atoms with Gasteiger partial charge >= 0.3 is 5.97 Å². The number of amides is 1. The third kappa shape index (κ3) is 4.60. The first-order valence-corrected chi connectivity index (χ1v) is 5.92. The van der Waals surface area contributed by atoms with Gasteiger partial charge in [0.1, 0.15) is 18.0 Å². The van der Waals surface area contributed by atoms with E-state index in [-0.39, 0.29) is 23.6 Å². The van der Waals surface area contributed by atoms with Crippen LogP contribution in [0.4, 0.5) is 4.39 Å². The highest BCUT2D eigenvalue weighted by atomic mass is 19.1. The first-order valence-electron chi connectivity index (χ1n) is 5.92. The molecule has 7 heteroatoms. The molecule has 1 rings (SSSR count). The van der Waals surface area contributed by atoms with E-state index in [0.717, 1.165) is 6.07 Å². The lowest BCUT2D eigenvalue weighted by molar-refractivity contribution is -0.136. The van der Waals surface area contributed by atoms with Crippen LogP contribution in [0.15, 0.2) is 18.2 Å². The third-order valence-electron chi connectivity index (χ3n) is 2.68. The average Bonchev–Trinajstić information content (AvgIpc) is 2.37. The second-order valence-corrected chi connectivity index (χ2v) is 4.37. The largest absolute Gasteiger partial charge is 0.481 e. The lowest BCUT2D eigenvalue weighted by atomic mass is 10.0. The van der Waals surface area contributed by atoms with E-state index in [0.29, 0.717) is 0 Å². The van der Waals surface area contributed by atoms with Crippen molar-refractivity contribution in [2.75, 3.05) is 6.54 Å². The van der Waals surface area contributed by atoms with Gasteiger partial charge in [-0.3, -0.25) is 9.59 Å². The molecule has 0 spiro atoms. The van der Waals surface area contributed by atoms with E-state index < -0.39 is 30.4 Å². The number of hydrogen-bond acceptors (Lipinski definition) is 4. The zero-order valence-corrected chi connectivity index (χ0v) is 10.8. The van der Waals surface area contributed by atoms with E-state index in [1.54, 1.807) is 0 Å². The Bertz CT molecular complexity index is 506. The van der Waals surface area contributed by atoms with Gasteiger partial charge in [0.25, 0.3) is 0 Å². The molecule has 0 aliphatic heterocycles. The molecule has 0 saturated carbocycles. The molecule has 4 N–H and O–H groups in total. The molecule has 1 aromatic rings. The zero-order valence-electron chi connectivity index (χ0n) is 10.8. The Balaban J connectivity index is 2.78. The van der Waals surface area contributed by atoms with Crippen LogP contribution in [-0.4, -0.2) is 39.8 Å². The fourth-order valence-corrected chi connectivity index (χ4v) is 1.64. The normalized spacial score (nSPS) is 13.6. The molecule has 0 aliphatic carbocycles. The minimum atomic E-state index is -1.38. The summed E-state index contributed by atoms with van der Waals surface area (Å²) in [6, 6.07) is 3.55. The van der Waals surface area contributed by atoms with E-state index in [1.807, 2.05) is 0 Å². The lowest BCUT2D eigenvalue weighted by Gasteiger charge is -2.18. The summed E-state index contributed by atoms with van der Waals surface area (Å²) in [5, 5.41) is 30.4. The van der Waals surface area contributed by atoms with Crippen molar-refractivity contribution in [1.82, 2.24) is 5.32 Å². The summed E-state index contributed by atoms with van der Waals surface area (Å²) in [6.07, 6.45) is -3.13. The van der Waals surface area contributed by atoms with Crippen molar-refractivity contribution < 1.29 is 29.3 Å². The monoisotopic (exact) mass is 285 g/mol. The van der Waals surface area contributed by atoms with Gasteiger partial charge in [-0.2, -0.15) is 0 Å². The van der Waals surface area contributed by atoms with E-state index in [4.69, 9.17) is 5.11 Å². The Morgan fingerprint density at radius 1 is 1.35 bits per heavy atom. The summed E-state index contributed by atoms with van der Waals surface area (Å²) in [5.74, 6) is -2.29. The minimum absolute atomic E-state index is 0.00944. The molecule has 0 heterocycles. The summed E-state index contributed by atoms with van der Waals surface area (Å²) >= 11 is 0. The van der Waals surface area contributed by atoms with Crippen molar-refractivity contribution in [2.24, 2.45) is 0 Å². The van der Waals surface area contributed by atoms with E-state index in [9.17, 15) is 24.2 Å². The van der Waals surface area contributed by atoms with Gasteiger partial charge in [-0.1, -0.05) is 12.1 Å². The van der Waals surface area contributed by atoms with Crippen molar-refractivity contribution in [3.63, 3.8) is 0 Å². The highest BCUT2D eigenvalue weighted by Crippen LogP contribution is 2.20. The van der Waals surface area contributed by atoms with Gasteiger partial charge < -0.3 is 20.6 Å². The third-order valence-corrected chi connectivity index (χ3v) is 2.68. The predicted molar refractivity (Wildman–Crippen MR) is 67.4 cm³/mol. The highest BCUT2D eigenvalue weighted by Gasteiger charge is 2.20. The lowest BCUT2D eigenvalue weighted by Crippen LogP contribution is -2.34. The number of hydrogen-bond donors (Lipinski definition) is 4. The van der Waals surface area contributed by atoms with Gasteiger partial charge in [0.2, 0.25) is 5.91 Å². The van der Waals surface area contributed by atoms with Crippen LogP contribution in [0.1, 0.15) is 24.2 Å². The van der Waals surface area contributed by atoms with Crippen LogP contribution in [0.3, 0.4) is 0 Å². The van der Waals surface area contributed by atoms with Gasteiger partial charge in [0.05, 0.1) is 6.42 Å². The highest BCUT2D eigenvalue weighted by molar-refractivity contribution is 5.72. The predicted octanol–water partition coefficient (Wildman–Crippen LogP) is -0.0168. The maximum atomic E-state index is 13.6. The Hall–Kier alpha value is -1.99. The molecule has 20 heavy (non-hydrogen) atoms. The maximum absolute atomic E-state index is 13.6. The Labute approximate surface area is 114 Å². The molecule has 0 aliphatic rings. The van der Waals surface area contributed by atoms with Crippen LogP contribution in [0.25, 0.3) is 0 Å². The molecular weight excluding hydrogens is 269 g/mol. The number of carbonyl (C=O) groups is 2. The molecule has 0 fully saturated rings. The van der Waals surface area contributed by atoms with E-state index in [2.05, 4.69) is 5.32 Å². The molecule has 0 aromatic heterocycles. The maximum Gasteiger partial charge on any atom is 0.307 e. The first kappa shape index (κ1) is 16.1. The number of carboxylic acids is 1. The van der Waals surface area contributed by atoms with Crippen LogP contribution >= 0.6 is 0 Å². The van der Waals surface area contributed by atoms with E-state index in [1.165, 1.54) is 19.1 Å². The number of carboxylic acid groups (broad SMARTS) is 1. The second-order valence-electron chi connectivity index (χ2n) is 4.37. The Morgan fingerprint density at radius 3 is 2.50 bits per heavy atom. The Kier molecular flexibility index (Phi) is 5.60. The molecule has 110 valence electrons. The van der Waals surface area contributed by atoms with Gasteiger partial charge in [0.15, 0.2) is 0 Å². The molecule has 0 saturated heterocycles. The van der Waals surface area contributed by atoms with Crippen molar-refractivity contribution in [2.45, 2.75) is 25.6 Å². The summed E-state index contributed by atoms with van der Waals surface area (Å²) in [4.78, 5) is 21.2. The molecule has 1 aromatic carbocycles. The van der Waals surface area contributed by atoms with Gasteiger partial charge in [-0.05, 0) is 17.2 Å². The average molecular weight is 285 g/mol. The first-order chi connectivity index (χ1) is 9.31. The standard InChI is InChI=1S/C13H16FNO5/c1-7(16)15-6-11(17)13(20)9-3-2-8(5-12(18)19)10(14)4-9/h2-4,11,13,17,20H,5-6H2,1H3,(H,15,16)(H,18,19). The number of aliphatic hydroxyl groups is 2. The number of benzene rings is 1. The molecule has 1 amide bonds. The van der Waals surface area contributed by atoms with Crippen LogP contribution in [-0.2, 0) is 16.0 Å². The van der Waals surface area contributed by atoms with Gasteiger partial charge in [-0.25, -0.2) is 4.39 Å². The quantitative estimate of drug-likeness (QED) is 0.588. The minimum Gasteiger partial charge on any atom is -0.481 e. The second kappa shape index (κ2) is 6.97. The number of carbonyl (C=O) groups excluding carboxylic acids is 1. The molecule has 2 atom stereocenters. The van der Waals surface area contributed by atoms with Crippen LogP contribution in [0.2, 0.25) is 0 Å². The summed E-state index contributed by atoms with van der Waals surface area (Å²) < 4.78 is 13.6. The number of aliphatic hydroxyl groups excluding tert-OH is 2. The number of rotatable bonds is 6. The SMILES string of the molecule is CC(=O)NCC(O)C(O)c1ccc(CC(=O)O)c(F)c1. The van der Waals surface area contributed by atoms with Crippen LogP contribution in [0, 0.1) is 5.82 Å². The smallest absolute Gasteiger partial charge is 0.307 e. The summed E-state index contributed by atoms with van der Waals surface area (Å²) in [5.41, 5.74) is 0.0966. The summed E-state index contributed by atoms with van der Waals surface area (Å²) in [6.45, 7) is 1.09. The Morgan fingerprint density at radius 2 is 2.00 bits per heavy atom. The molecule has 0 bridgehead atoms. The molecule has 0 radical (unpaired) electrons. The number of nitrogens with one attached hydrogen (secondary N) is 1. The van der Waals surface area contributed by atoms with E-state index >= 15 is 0 Å². The van der Waals surface area contributed by atoms with Crippen molar-refractivity contribution in [1.29, 1.82) is 0 Å². The van der Waals surface area contributed by atoms with Gasteiger partial charge in [0, 0.05) is 13.5 Å². The van der Waals surface area contributed by atoms with Gasteiger partial charge in [-0.15, -0.1) is 0 Å². The molecule has 2 unspecified atom stereocenters. The van der Waals surface area contributed by atoms with Crippen molar-refractivity contribution in [3.05, 3.63) is 35.1 Å².